The molecule has 0 saturated carbocycles. The fourth-order valence-corrected chi connectivity index (χ4v) is 2.92. The number of morpholine rings is 1. The molecule has 0 spiro atoms. The van der Waals surface area contributed by atoms with Crippen molar-refractivity contribution in [1.29, 1.82) is 0 Å². The van der Waals surface area contributed by atoms with E-state index in [1.807, 2.05) is 12.4 Å². The maximum absolute atomic E-state index is 12.2. The first-order valence-corrected chi connectivity index (χ1v) is 7.95. The van der Waals surface area contributed by atoms with Crippen LogP contribution in [0.25, 0.3) is 0 Å². The van der Waals surface area contributed by atoms with Gasteiger partial charge in [-0.2, -0.15) is 0 Å². The third-order valence-electron chi connectivity index (χ3n) is 3.30. The molecule has 2 heterocycles. The molecule has 112 valence electrons. The summed E-state index contributed by atoms with van der Waals surface area (Å²) in [7, 11) is 1.83. The van der Waals surface area contributed by atoms with Gasteiger partial charge in [0.2, 0.25) is 5.91 Å². The first-order valence-electron chi connectivity index (χ1n) is 7.07. The molecule has 1 atom stereocenters. The minimum atomic E-state index is 0.000332. The topological polar surface area (TPSA) is 54.5 Å². The van der Waals surface area contributed by atoms with Crippen molar-refractivity contribution in [3.8, 4) is 0 Å². The van der Waals surface area contributed by atoms with Gasteiger partial charge in [-0.05, 0) is 0 Å². The Bertz CT molecular complexity index is 441. The lowest BCUT2D eigenvalue weighted by molar-refractivity contribution is -0.134. The molecule has 0 aliphatic carbocycles. The van der Waals surface area contributed by atoms with Gasteiger partial charge < -0.3 is 15.0 Å². The molecule has 5 nitrogen and oxygen atoms in total. The number of hydrogen-bond acceptors (Lipinski definition) is 5. The molecular formula is C14H23N3O2S. The lowest BCUT2D eigenvalue weighted by Crippen LogP contribution is -2.41. The van der Waals surface area contributed by atoms with E-state index in [1.165, 1.54) is 0 Å². The number of carbonyl (C=O) groups excluding carboxylic acids is 1. The van der Waals surface area contributed by atoms with Crippen molar-refractivity contribution in [3.63, 3.8) is 0 Å². The van der Waals surface area contributed by atoms with E-state index in [9.17, 15) is 4.79 Å². The average molecular weight is 297 g/mol. The van der Waals surface area contributed by atoms with E-state index in [-0.39, 0.29) is 12.0 Å². The fraction of sp³-hybridized carbons (Fsp3) is 0.714. The van der Waals surface area contributed by atoms with E-state index in [0.717, 1.165) is 23.8 Å². The van der Waals surface area contributed by atoms with E-state index < -0.39 is 0 Å². The highest BCUT2D eigenvalue weighted by Gasteiger charge is 2.20. The Morgan fingerprint density at radius 1 is 1.65 bits per heavy atom. The molecule has 1 aliphatic rings. The maximum Gasteiger partial charge on any atom is 0.225 e. The summed E-state index contributed by atoms with van der Waals surface area (Å²) in [6.45, 7) is 7.15. The van der Waals surface area contributed by atoms with Gasteiger partial charge in [0.1, 0.15) is 0 Å². The number of carbonyl (C=O) groups is 1. The summed E-state index contributed by atoms with van der Waals surface area (Å²) in [5, 5.41) is 6.40. The van der Waals surface area contributed by atoms with Gasteiger partial charge in [-0.15, -0.1) is 11.3 Å². The lowest BCUT2D eigenvalue weighted by atomic mass is 10.2. The molecule has 1 amide bonds. The van der Waals surface area contributed by atoms with Crippen LogP contribution in [-0.2, 0) is 16.1 Å². The van der Waals surface area contributed by atoms with Gasteiger partial charge in [-0.1, -0.05) is 13.8 Å². The van der Waals surface area contributed by atoms with Crippen LogP contribution in [0.15, 0.2) is 5.38 Å². The smallest absolute Gasteiger partial charge is 0.225 e. The summed E-state index contributed by atoms with van der Waals surface area (Å²) in [5.74, 6) is 0.550. The molecule has 1 N–H and O–H groups in total. The molecule has 0 aromatic carbocycles. The summed E-state index contributed by atoms with van der Waals surface area (Å²) in [6.07, 6.45) is 0.436. The van der Waals surface area contributed by atoms with Crippen LogP contribution in [0.4, 0.5) is 0 Å². The SMILES string of the molecule is CC(C)c1nc(CN(C)C(=O)C[C@H]2CNCCO2)cs1. The normalized spacial score (nSPS) is 19.3. The maximum atomic E-state index is 12.2. The number of thiazole rings is 1. The van der Waals surface area contributed by atoms with Crippen LogP contribution in [-0.4, -0.2) is 48.6 Å². The molecule has 0 bridgehead atoms. The molecule has 1 aromatic heterocycles. The minimum absolute atomic E-state index is 0.000332. The molecule has 0 unspecified atom stereocenters. The van der Waals surface area contributed by atoms with Crippen molar-refractivity contribution in [3.05, 3.63) is 16.1 Å². The second-order valence-corrected chi connectivity index (χ2v) is 6.37. The lowest BCUT2D eigenvalue weighted by Gasteiger charge is -2.25. The van der Waals surface area contributed by atoms with Crippen LogP contribution < -0.4 is 5.32 Å². The van der Waals surface area contributed by atoms with Gasteiger partial charge in [0.25, 0.3) is 0 Å². The van der Waals surface area contributed by atoms with Crippen LogP contribution in [0.3, 0.4) is 0 Å². The van der Waals surface area contributed by atoms with E-state index in [1.54, 1.807) is 16.2 Å². The van der Waals surface area contributed by atoms with Crippen LogP contribution in [0.1, 0.15) is 36.9 Å². The average Bonchev–Trinajstić information content (AvgIpc) is 2.88. The number of nitrogens with one attached hydrogen (secondary N) is 1. The number of ether oxygens (including phenoxy) is 1. The molecule has 0 radical (unpaired) electrons. The van der Waals surface area contributed by atoms with E-state index in [4.69, 9.17) is 4.74 Å². The Morgan fingerprint density at radius 2 is 2.45 bits per heavy atom. The molecule has 20 heavy (non-hydrogen) atoms. The number of hydrogen-bond donors (Lipinski definition) is 1. The quantitative estimate of drug-likeness (QED) is 0.897. The zero-order valence-corrected chi connectivity index (χ0v) is 13.2. The highest BCUT2D eigenvalue weighted by Crippen LogP contribution is 2.20. The third kappa shape index (κ3) is 4.26. The molecule has 6 heteroatoms. The third-order valence-corrected chi connectivity index (χ3v) is 4.49. The van der Waals surface area contributed by atoms with Crippen molar-refractivity contribution < 1.29 is 9.53 Å². The fourth-order valence-electron chi connectivity index (χ4n) is 2.09. The van der Waals surface area contributed by atoms with E-state index in [2.05, 4.69) is 24.1 Å². The van der Waals surface area contributed by atoms with Crippen LogP contribution in [0, 0.1) is 0 Å². The van der Waals surface area contributed by atoms with Crippen LogP contribution >= 0.6 is 11.3 Å². The molecular weight excluding hydrogens is 274 g/mol. The first kappa shape index (κ1) is 15.4. The Labute approximate surface area is 124 Å². The van der Waals surface area contributed by atoms with Crippen molar-refractivity contribution in [1.82, 2.24) is 15.2 Å². The molecule has 2 rings (SSSR count). The van der Waals surface area contributed by atoms with E-state index in [0.29, 0.717) is 25.5 Å². The summed E-state index contributed by atoms with van der Waals surface area (Å²) in [5.41, 5.74) is 0.970. The van der Waals surface area contributed by atoms with Crippen LogP contribution in [0.5, 0.6) is 0 Å². The molecule has 1 aliphatic heterocycles. The summed E-state index contributed by atoms with van der Waals surface area (Å²) in [4.78, 5) is 18.4. The molecule has 1 saturated heterocycles. The van der Waals surface area contributed by atoms with Crippen molar-refractivity contribution >= 4 is 17.2 Å². The van der Waals surface area contributed by atoms with Gasteiger partial charge in [0.05, 0.1) is 36.4 Å². The second-order valence-electron chi connectivity index (χ2n) is 5.48. The Kier molecular flexibility index (Phi) is 5.51. The van der Waals surface area contributed by atoms with Gasteiger partial charge in [0.15, 0.2) is 0 Å². The van der Waals surface area contributed by atoms with Gasteiger partial charge >= 0.3 is 0 Å². The van der Waals surface area contributed by atoms with Gasteiger partial charge in [-0.3, -0.25) is 4.79 Å². The standard InChI is InChI=1S/C14H23N3O2S/c1-10(2)14-16-11(9-20-14)8-17(3)13(18)6-12-7-15-4-5-19-12/h9-10,12,15H,4-8H2,1-3H3/t12-/m0/s1. The number of amides is 1. The summed E-state index contributed by atoms with van der Waals surface area (Å²) < 4.78 is 5.56. The Hall–Kier alpha value is -0.980. The Balaban J connectivity index is 1.83. The van der Waals surface area contributed by atoms with Crippen molar-refractivity contribution in [2.75, 3.05) is 26.7 Å². The van der Waals surface area contributed by atoms with Crippen LogP contribution in [0.2, 0.25) is 0 Å². The number of aromatic nitrogens is 1. The summed E-state index contributed by atoms with van der Waals surface area (Å²) in [6, 6.07) is 0. The largest absolute Gasteiger partial charge is 0.375 e. The highest BCUT2D eigenvalue weighted by atomic mass is 32.1. The Morgan fingerprint density at radius 3 is 3.05 bits per heavy atom. The highest BCUT2D eigenvalue weighted by molar-refractivity contribution is 7.09. The monoisotopic (exact) mass is 297 g/mol. The molecule has 1 fully saturated rings. The van der Waals surface area contributed by atoms with Gasteiger partial charge in [0, 0.05) is 31.4 Å². The minimum Gasteiger partial charge on any atom is -0.375 e. The first-order chi connectivity index (χ1) is 9.56. The van der Waals surface area contributed by atoms with Crippen molar-refractivity contribution in [2.45, 2.75) is 38.8 Å². The van der Waals surface area contributed by atoms with E-state index >= 15 is 0 Å². The predicted octanol–water partition coefficient (Wildman–Crippen LogP) is 1.60. The van der Waals surface area contributed by atoms with Gasteiger partial charge in [-0.25, -0.2) is 4.98 Å². The zero-order chi connectivity index (χ0) is 14.5. The number of rotatable bonds is 5. The second kappa shape index (κ2) is 7.15. The zero-order valence-electron chi connectivity index (χ0n) is 12.4. The van der Waals surface area contributed by atoms with Crippen molar-refractivity contribution in [2.24, 2.45) is 0 Å². The summed E-state index contributed by atoms with van der Waals surface area (Å²) >= 11 is 1.66. The predicted molar refractivity (Wildman–Crippen MR) is 79.9 cm³/mol. The number of nitrogens with zero attached hydrogens (tertiary/aromatic N) is 2. The molecule has 1 aromatic rings.